The first kappa shape index (κ1) is 17.3. The van der Waals surface area contributed by atoms with Crippen molar-refractivity contribution in [2.24, 2.45) is 0 Å². The Hall–Kier alpha value is -4.14. The maximum absolute atomic E-state index is 12.5. The van der Waals surface area contributed by atoms with Gasteiger partial charge in [0.2, 0.25) is 5.95 Å². The molecule has 0 fully saturated rings. The number of nitrogens with zero attached hydrogens (tertiary/aromatic N) is 5. The van der Waals surface area contributed by atoms with Crippen molar-refractivity contribution in [3.63, 3.8) is 0 Å². The number of hydrogen-bond donors (Lipinski definition) is 3. The standard InChI is InChI=1S/C19H16N8O/c1-12-21-17(14-9-5-6-10-20-14)24-19(22-12)25-18(28)15-11-16(27-26-15)23-13-7-3-2-4-8-13/h2-11H,1H3,(H2,23,26,27)(H,21,22,24,25,28). The van der Waals surface area contributed by atoms with Crippen molar-refractivity contribution in [2.45, 2.75) is 6.92 Å². The first-order chi connectivity index (χ1) is 13.7. The van der Waals surface area contributed by atoms with Crippen LogP contribution in [0.4, 0.5) is 17.5 Å². The number of aromatic amines is 1. The monoisotopic (exact) mass is 372 g/mol. The number of anilines is 3. The minimum absolute atomic E-state index is 0.144. The highest BCUT2D eigenvalue weighted by atomic mass is 16.2. The zero-order valence-electron chi connectivity index (χ0n) is 14.9. The zero-order chi connectivity index (χ0) is 19.3. The van der Waals surface area contributed by atoms with Crippen molar-refractivity contribution in [3.05, 3.63) is 72.3 Å². The Kier molecular flexibility index (Phi) is 4.70. The molecule has 4 rings (SSSR count). The van der Waals surface area contributed by atoms with Gasteiger partial charge in [-0.15, -0.1) is 0 Å². The molecular formula is C19H16N8O. The molecule has 0 radical (unpaired) electrons. The second-order valence-corrected chi connectivity index (χ2v) is 5.86. The molecule has 0 saturated heterocycles. The predicted molar refractivity (Wildman–Crippen MR) is 104 cm³/mol. The van der Waals surface area contributed by atoms with Gasteiger partial charge in [0.25, 0.3) is 5.91 Å². The Labute approximate surface area is 160 Å². The summed E-state index contributed by atoms with van der Waals surface area (Å²) in [6, 6.07) is 16.6. The average Bonchev–Trinajstić information content (AvgIpc) is 3.18. The summed E-state index contributed by atoms with van der Waals surface area (Å²) in [6.45, 7) is 1.72. The van der Waals surface area contributed by atoms with Crippen LogP contribution in [0.1, 0.15) is 16.3 Å². The van der Waals surface area contributed by atoms with Gasteiger partial charge in [-0.2, -0.15) is 15.1 Å². The molecule has 1 aromatic carbocycles. The van der Waals surface area contributed by atoms with Crippen molar-refractivity contribution in [3.8, 4) is 11.5 Å². The van der Waals surface area contributed by atoms with E-state index < -0.39 is 5.91 Å². The summed E-state index contributed by atoms with van der Waals surface area (Å²) >= 11 is 0. The van der Waals surface area contributed by atoms with E-state index >= 15 is 0 Å². The third-order valence-electron chi connectivity index (χ3n) is 3.74. The lowest BCUT2D eigenvalue weighted by molar-refractivity contribution is 0.102. The number of rotatable bonds is 5. The van der Waals surface area contributed by atoms with Crippen molar-refractivity contribution < 1.29 is 4.79 Å². The van der Waals surface area contributed by atoms with Gasteiger partial charge < -0.3 is 5.32 Å². The molecule has 0 unspecified atom stereocenters. The highest BCUT2D eigenvalue weighted by molar-refractivity contribution is 6.02. The SMILES string of the molecule is Cc1nc(NC(=O)c2cc(Nc3ccccc3)n[nH]2)nc(-c2ccccn2)n1. The number of aryl methyl sites for hydroxylation is 1. The number of carbonyl (C=O) groups excluding carboxylic acids is 1. The average molecular weight is 372 g/mol. The van der Waals surface area contributed by atoms with Crippen LogP contribution in [0.3, 0.4) is 0 Å². The number of aromatic nitrogens is 6. The van der Waals surface area contributed by atoms with Gasteiger partial charge in [0.05, 0.1) is 0 Å². The fraction of sp³-hybridized carbons (Fsp3) is 0.0526. The van der Waals surface area contributed by atoms with E-state index in [-0.39, 0.29) is 11.6 Å². The quantitative estimate of drug-likeness (QED) is 0.492. The predicted octanol–water partition coefficient (Wildman–Crippen LogP) is 2.96. The van der Waals surface area contributed by atoms with Crippen LogP contribution in [-0.4, -0.2) is 36.0 Å². The summed E-state index contributed by atoms with van der Waals surface area (Å²) in [5, 5.41) is 12.6. The Morgan fingerprint density at radius 1 is 1.00 bits per heavy atom. The van der Waals surface area contributed by atoms with Gasteiger partial charge >= 0.3 is 0 Å². The molecule has 3 aromatic heterocycles. The highest BCUT2D eigenvalue weighted by Gasteiger charge is 2.14. The summed E-state index contributed by atoms with van der Waals surface area (Å²) in [4.78, 5) is 29.4. The summed E-state index contributed by atoms with van der Waals surface area (Å²) < 4.78 is 0. The molecule has 3 heterocycles. The van der Waals surface area contributed by atoms with E-state index in [1.807, 2.05) is 36.4 Å². The number of hydrogen-bond acceptors (Lipinski definition) is 7. The third-order valence-corrected chi connectivity index (χ3v) is 3.74. The highest BCUT2D eigenvalue weighted by Crippen LogP contribution is 2.16. The number of H-pyrrole nitrogens is 1. The maximum Gasteiger partial charge on any atom is 0.276 e. The number of pyridine rings is 1. The number of nitrogens with one attached hydrogen (secondary N) is 3. The van der Waals surface area contributed by atoms with E-state index in [2.05, 4.69) is 40.8 Å². The fourth-order valence-corrected chi connectivity index (χ4v) is 2.49. The van der Waals surface area contributed by atoms with E-state index in [9.17, 15) is 4.79 Å². The van der Waals surface area contributed by atoms with Crippen molar-refractivity contribution in [2.75, 3.05) is 10.6 Å². The smallest absolute Gasteiger partial charge is 0.276 e. The van der Waals surface area contributed by atoms with E-state index in [0.29, 0.717) is 23.2 Å². The first-order valence-electron chi connectivity index (χ1n) is 8.50. The molecular weight excluding hydrogens is 356 g/mol. The van der Waals surface area contributed by atoms with Crippen LogP contribution >= 0.6 is 0 Å². The lowest BCUT2D eigenvalue weighted by Gasteiger charge is -2.05. The number of carbonyl (C=O) groups is 1. The largest absolute Gasteiger partial charge is 0.339 e. The summed E-state index contributed by atoms with van der Waals surface area (Å²) in [7, 11) is 0. The van der Waals surface area contributed by atoms with Crippen molar-refractivity contribution >= 4 is 23.4 Å². The van der Waals surface area contributed by atoms with Gasteiger partial charge in [-0.3, -0.25) is 20.2 Å². The first-order valence-corrected chi connectivity index (χ1v) is 8.50. The number of para-hydroxylation sites is 1. The van der Waals surface area contributed by atoms with Crippen molar-refractivity contribution in [1.82, 2.24) is 30.1 Å². The van der Waals surface area contributed by atoms with Crippen LogP contribution < -0.4 is 10.6 Å². The minimum atomic E-state index is -0.411. The molecule has 1 amide bonds. The van der Waals surface area contributed by atoms with Gasteiger partial charge in [-0.1, -0.05) is 24.3 Å². The molecule has 0 saturated carbocycles. The normalized spacial score (nSPS) is 10.5. The van der Waals surface area contributed by atoms with Crippen molar-refractivity contribution in [1.29, 1.82) is 0 Å². The third kappa shape index (κ3) is 3.98. The number of benzene rings is 1. The lowest BCUT2D eigenvalue weighted by atomic mass is 10.3. The molecule has 0 aliphatic carbocycles. The summed E-state index contributed by atoms with van der Waals surface area (Å²) in [6.07, 6.45) is 1.65. The topological polar surface area (TPSA) is 121 Å². The van der Waals surface area contributed by atoms with Crippen LogP contribution in [0.15, 0.2) is 60.8 Å². The van der Waals surface area contributed by atoms with E-state index in [1.54, 1.807) is 31.3 Å². The second kappa shape index (κ2) is 7.62. The number of amides is 1. The zero-order valence-corrected chi connectivity index (χ0v) is 14.9. The molecule has 9 nitrogen and oxygen atoms in total. The van der Waals surface area contributed by atoms with E-state index in [1.165, 1.54) is 0 Å². The second-order valence-electron chi connectivity index (χ2n) is 5.86. The maximum atomic E-state index is 12.5. The van der Waals surface area contributed by atoms with E-state index in [0.717, 1.165) is 5.69 Å². The molecule has 0 aliphatic heterocycles. The minimum Gasteiger partial charge on any atom is -0.339 e. The van der Waals surface area contributed by atoms with Gasteiger partial charge in [0.1, 0.15) is 17.2 Å². The van der Waals surface area contributed by atoms with Gasteiger partial charge in [0, 0.05) is 18.0 Å². The van der Waals surface area contributed by atoms with Gasteiger partial charge in [-0.25, -0.2) is 4.98 Å². The van der Waals surface area contributed by atoms with Gasteiger partial charge in [-0.05, 0) is 31.2 Å². The van der Waals surface area contributed by atoms with Crippen LogP contribution in [0.25, 0.3) is 11.5 Å². The van der Waals surface area contributed by atoms with Crippen LogP contribution in [0, 0.1) is 6.92 Å². The Bertz CT molecular complexity index is 1100. The molecule has 0 bridgehead atoms. The van der Waals surface area contributed by atoms with Crippen LogP contribution in [-0.2, 0) is 0 Å². The van der Waals surface area contributed by atoms with E-state index in [4.69, 9.17) is 0 Å². The fourth-order valence-electron chi connectivity index (χ4n) is 2.49. The molecule has 3 N–H and O–H groups in total. The Morgan fingerprint density at radius 3 is 2.61 bits per heavy atom. The lowest BCUT2D eigenvalue weighted by Crippen LogP contribution is -2.16. The summed E-state index contributed by atoms with van der Waals surface area (Å²) in [5.41, 5.74) is 1.74. The summed E-state index contributed by atoms with van der Waals surface area (Å²) in [5.74, 6) is 1.12. The molecule has 9 heteroatoms. The molecule has 28 heavy (non-hydrogen) atoms. The molecule has 0 aliphatic rings. The molecule has 138 valence electrons. The molecule has 4 aromatic rings. The van der Waals surface area contributed by atoms with Crippen LogP contribution in [0.5, 0.6) is 0 Å². The Morgan fingerprint density at radius 2 is 1.82 bits per heavy atom. The molecule has 0 atom stereocenters. The van der Waals surface area contributed by atoms with Gasteiger partial charge in [0.15, 0.2) is 11.6 Å². The van der Waals surface area contributed by atoms with Crippen LogP contribution in [0.2, 0.25) is 0 Å². The molecule has 0 spiro atoms. The Balaban J connectivity index is 1.50.